The second kappa shape index (κ2) is 31.9. The smallest absolute Gasteiger partial charge is 0.161 e. The molecule has 3 aromatic rings. The summed E-state index contributed by atoms with van der Waals surface area (Å²) in [4.78, 5) is 0. The molecule has 2 aliphatic heterocycles. The van der Waals surface area contributed by atoms with Crippen LogP contribution in [0.3, 0.4) is 0 Å². The molecule has 2 aliphatic rings. The van der Waals surface area contributed by atoms with Gasteiger partial charge in [-0.25, -0.2) is 0 Å². The fourth-order valence-corrected chi connectivity index (χ4v) is 8.55. The first-order valence-corrected chi connectivity index (χ1v) is 24.9. The lowest BCUT2D eigenvalue weighted by Gasteiger charge is -2.22. The Hall–Kier alpha value is -2.86. The summed E-state index contributed by atoms with van der Waals surface area (Å²) in [5.41, 5.74) is 2.65. The van der Waals surface area contributed by atoms with E-state index in [1.807, 2.05) is 0 Å². The second-order valence-corrected chi connectivity index (χ2v) is 16.9. The number of rotatable bonds is 20. The highest BCUT2D eigenvalue weighted by Crippen LogP contribution is 2.44. The molecule has 0 saturated heterocycles. The maximum Gasteiger partial charge on any atom is 0.161 e. The standard InChI is InChI=1S/C52H82O10/c1-3-5-7-9-11-13-15-17-19-21-43-45-39-49-51(61-37-33-57-29-25-53-23-27-55-31-35-59-49)41-47(45)44(22-20-18-16-14-12-10-8-6-4-2)48-42-52-50(40-46(43)48)60-36-32-56-28-24-54-26-30-58-34-38-62-52/h39-42H,3-38H2,1-2H3. The van der Waals surface area contributed by atoms with Gasteiger partial charge < -0.3 is 47.4 Å². The summed E-state index contributed by atoms with van der Waals surface area (Å²) in [6.45, 7) is 12.3. The zero-order valence-electron chi connectivity index (χ0n) is 38.8. The normalized spacial score (nSPS) is 16.9. The fourth-order valence-electron chi connectivity index (χ4n) is 8.55. The average Bonchev–Trinajstić information content (AvgIpc) is 3.30. The van der Waals surface area contributed by atoms with E-state index in [2.05, 4.69) is 38.1 Å². The third kappa shape index (κ3) is 18.3. The summed E-state index contributed by atoms with van der Waals surface area (Å²) < 4.78 is 60.9. The number of benzene rings is 3. The lowest BCUT2D eigenvalue weighted by atomic mass is 9.86. The molecule has 0 spiro atoms. The topological polar surface area (TPSA) is 92.3 Å². The molecule has 0 unspecified atom stereocenters. The minimum Gasteiger partial charge on any atom is -0.487 e. The van der Waals surface area contributed by atoms with Crippen molar-refractivity contribution >= 4 is 21.5 Å². The van der Waals surface area contributed by atoms with E-state index in [4.69, 9.17) is 47.4 Å². The van der Waals surface area contributed by atoms with Crippen LogP contribution in [0.15, 0.2) is 24.3 Å². The van der Waals surface area contributed by atoms with Crippen molar-refractivity contribution in [2.24, 2.45) is 0 Å². The molecule has 0 bridgehead atoms. The molecule has 5 rings (SSSR count). The molecule has 0 aromatic heterocycles. The molecular weight excluding hydrogens is 785 g/mol. The summed E-state index contributed by atoms with van der Waals surface area (Å²) in [6.07, 6.45) is 25.0. The van der Waals surface area contributed by atoms with E-state index >= 15 is 0 Å². The molecule has 0 aliphatic carbocycles. The van der Waals surface area contributed by atoms with Gasteiger partial charge in [0.25, 0.3) is 0 Å². The van der Waals surface area contributed by atoms with Gasteiger partial charge in [0, 0.05) is 0 Å². The predicted molar refractivity (Wildman–Crippen MR) is 250 cm³/mol. The van der Waals surface area contributed by atoms with Gasteiger partial charge in [0.05, 0.1) is 79.3 Å². The Morgan fingerprint density at radius 3 is 0.726 bits per heavy atom. The molecule has 10 heteroatoms. The van der Waals surface area contributed by atoms with Crippen LogP contribution < -0.4 is 18.9 Å². The molecule has 0 saturated carbocycles. The van der Waals surface area contributed by atoms with Gasteiger partial charge in [-0.15, -0.1) is 0 Å². The first-order valence-electron chi connectivity index (χ1n) is 24.9. The average molecular weight is 867 g/mol. The monoisotopic (exact) mass is 867 g/mol. The number of hydrogen-bond donors (Lipinski definition) is 0. The van der Waals surface area contributed by atoms with Crippen LogP contribution in [0.25, 0.3) is 21.5 Å². The summed E-state index contributed by atoms with van der Waals surface area (Å²) >= 11 is 0. The van der Waals surface area contributed by atoms with Gasteiger partial charge in [-0.1, -0.05) is 117 Å². The Bertz CT molecular complexity index is 1420. The Morgan fingerprint density at radius 2 is 0.484 bits per heavy atom. The zero-order chi connectivity index (χ0) is 43.1. The van der Waals surface area contributed by atoms with E-state index in [0.717, 1.165) is 48.7 Å². The molecular formula is C52H82O10. The van der Waals surface area contributed by atoms with Gasteiger partial charge in [-0.05, 0) is 82.6 Å². The van der Waals surface area contributed by atoms with E-state index in [1.165, 1.54) is 135 Å². The summed E-state index contributed by atoms with van der Waals surface area (Å²) in [7, 11) is 0. The minimum absolute atomic E-state index is 0.418. The fraction of sp³-hybridized carbons (Fsp3) is 0.731. The van der Waals surface area contributed by atoms with Crippen molar-refractivity contribution in [1.29, 1.82) is 0 Å². The van der Waals surface area contributed by atoms with Crippen LogP contribution in [0, 0.1) is 0 Å². The van der Waals surface area contributed by atoms with Crippen LogP contribution in [0.5, 0.6) is 23.0 Å². The van der Waals surface area contributed by atoms with E-state index in [-0.39, 0.29) is 0 Å². The zero-order valence-corrected chi connectivity index (χ0v) is 38.8. The van der Waals surface area contributed by atoms with Crippen LogP contribution in [0.1, 0.15) is 141 Å². The van der Waals surface area contributed by atoms with Crippen molar-refractivity contribution < 1.29 is 47.4 Å². The molecule has 0 N–H and O–H groups in total. The van der Waals surface area contributed by atoms with Crippen molar-refractivity contribution in [2.45, 2.75) is 142 Å². The highest BCUT2D eigenvalue weighted by atomic mass is 16.6. The van der Waals surface area contributed by atoms with Crippen molar-refractivity contribution in [2.75, 3.05) is 106 Å². The highest BCUT2D eigenvalue weighted by molar-refractivity contribution is 6.08. The summed E-state index contributed by atoms with van der Waals surface area (Å²) in [5, 5.41) is 4.90. The number of ether oxygens (including phenoxy) is 10. The van der Waals surface area contributed by atoms with Crippen LogP contribution in [-0.2, 0) is 41.3 Å². The van der Waals surface area contributed by atoms with E-state index in [9.17, 15) is 0 Å². The summed E-state index contributed by atoms with van der Waals surface area (Å²) in [5.74, 6) is 2.96. The van der Waals surface area contributed by atoms with Gasteiger partial charge >= 0.3 is 0 Å². The molecule has 10 nitrogen and oxygen atoms in total. The van der Waals surface area contributed by atoms with Crippen molar-refractivity contribution in [3.63, 3.8) is 0 Å². The Labute approximate surface area is 374 Å². The van der Waals surface area contributed by atoms with Crippen molar-refractivity contribution in [3.8, 4) is 23.0 Å². The first kappa shape index (κ1) is 50.1. The van der Waals surface area contributed by atoms with Crippen LogP contribution in [0.2, 0.25) is 0 Å². The van der Waals surface area contributed by atoms with Crippen LogP contribution in [0.4, 0.5) is 0 Å². The lowest BCUT2D eigenvalue weighted by molar-refractivity contribution is 0.00708. The molecule has 0 amide bonds. The molecule has 0 atom stereocenters. The third-order valence-electron chi connectivity index (χ3n) is 12.0. The predicted octanol–water partition coefficient (Wildman–Crippen LogP) is 11.8. The van der Waals surface area contributed by atoms with Gasteiger partial charge in [0.2, 0.25) is 0 Å². The lowest BCUT2D eigenvalue weighted by Crippen LogP contribution is -2.13. The highest BCUT2D eigenvalue weighted by Gasteiger charge is 2.21. The van der Waals surface area contributed by atoms with Gasteiger partial charge in [0.15, 0.2) is 23.0 Å². The van der Waals surface area contributed by atoms with Crippen molar-refractivity contribution in [3.05, 3.63) is 35.4 Å². The minimum atomic E-state index is 0.418. The number of hydrogen-bond acceptors (Lipinski definition) is 10. The number of unbranched alkanes of at least 4 members (excludes halogenated alkanes) is 16. The van der Waals surface area contributed by atoms with E-state index in [0.29, 0.717) is 106 Å². The van der Waals surface area contributed by atoms with Gasteiger partial charge in [0.1, 0.15) is 26.4 Å². The number of aryl methyl sites for hydroxylation is 2. The van der Waals surface area contributed by atoms with E-state index < -0.39 is 0 Å². The van der Waals surface area contributed by atoms with Gasteiger partial charge in [-0.2, -0.15) is 0 Å². The SMILES string of the molecule is CCCCCCCCCCCc1c2cc3c(cc2c(CCCCCCCCCCC)c2cc4c(cc12)OCCOCCOCCOCCO4)OCCOCCOCCOCCO3. The second-order valence-electron chi connectivity index (χ2n) is 16.9. The third-order valence-corrected chi connectivity index (χ3v) is 12.0. The van der Waals surface area contributed by atoms with Gasteiger partial charge in [-0.3, -0.25) is 0 Å². The van der Waals surface area contributed by atoms with E-state index in [1.54, 1.807) is 0 Å². The maximum absolute atomic E-state index is 6.52. The first-order chi connectivity index (χ1) is 30.8. The Balaban J connectivity index is 1.54. The largest absolute Gasteiger partial charge is 0.487 e. The number of fused-ring (bicyclic) bond motifs is 4. The van der Waals surface area contributed by atoms with Crippen LogP contribution in [-0.4, -0.2) is 106 Å². The van der Waals surface area contributed by atoms with Crippen LogP contribution >= 0.6 is 0 Å². The molecule has 3 aromatic carbocycles. The molecule has 62 heavy (non-hydrogen) atoms. The maximum atomic E-state index is 6.52. The molecule has 350 valence electrons. The Morgan fingerprint density at radius 1 is 0.274 bits per heavy atom. The quantitative estimate of drug-likeness (QED) is 0.0807. The molecule has 0 radical (unpaired) electrons. The summed E-state index contributed by atoms with van der Waals surface area (Å²) in [6, 6.07) is 8.98. The van der Waals surface area contributed by atoms with Crippen molar-refractivity contribution in [1.82, 2.24) is 0 Å². The Kier molecular flexibility index (Phi) is 25.8. The molecule has 2 heterocycles. The molecule has 0 fully saturated rings.